The molecule has 5 nitrogen and oxygen atoms in total. The monoisotopic (exact) mass is 348 g/mol. The number of Topliss-reactive ketones (excluding diaryl/α,β-unsaturated/α-hetero) is 1. The van der Waals surface area contributed by atoms with Crippen molar-refractivity contribution in [2.24, 2.45) is 11.1 Å². The molecule has 0 heterocycles. The summed E-state index contributed by atoms with van der Waals surface area (Å²) >= 11 is 4.73. The van der Waals surface area contributed by atoms with E-state index in [0.29, 0.717) is 18.5 Å². The summed E-state index contributed by atoms with van der Waals surface area (Å²) in [6.07, 6.45) is 5.00. The average Bonchev–Trinajstić information content (AvgIpc) is 3.26. The van der Waals surface area contributed by atoms with E-state index in [-0.39, 0.29) is 10.9 Å². The van der Waals surface area contributed by atoms with Crippen molar-refractivity contribution in [3.63, 3.8) is 0 Å². The highest BCUT2D eigenvalue weighted by molar-refractivity contribution is 7.80. The van der Waals surface area contributed by atoms with Gasteiger partial charge < -0.3 is 10.8 Å². The molecule has 24 heavy (non-hydrogen) atoms. The van der Waals surface area contributed by atoms with Crippen molar-refractivity contribution in [3.05, 3.63) is 33.9 Å². The van der Waals surface area contributed by atoms with Gasteiger partial charge in [-0.15, -0.1) is 0 Å². The molecule has 0 aromatic rings. The Morgan fingerprint density at radius 1 is 1.42 bits per heavy atom. The minimum Gasteiger partial charge on any atom is -0.381 e. The van der Waals surface area contributed by atoms with Gasteiger partial charge in [0.05, 0.1) is 0 Å². The number of fused-ring (bicyclic) bond motifs is 1. The maximum absolute atomic E-state index is 12.8. The highest BCUT2D eigenvalue weighted by atomic mass is 32.1. The molecule has 0 aliphatic heterocycles. The van der Waals surface area contributed by atoms with Gasteiger partial charge in [-0.2, -0.15) is 0 Å². The van der Waals surface area contributed by atoms with Gasteiger partial charge in [0, 0.05) is 17.5 Å². The van der Waals surface area contributed by atoms with E-state index in [2.05, 4.69) is 0 Å². The summed E-state index contributed by atoms with van der Waals surface area (Å²) in [6, 6.07) is 0. The highest BCUT2D eigenvalue weighted by Crippen LogP contribution is 2.65. The van der Waals surface area contributed by atoms with Crippen LogP contribution in [0.3, 0.4) is 0 Å². The van der Waals surface area contributed by atoms with E-state index >= 15 is 0 Å². The molecule has 3 aliphatic rings. The van der Waals surface area contributed by atoms with Crippen LogP contribution in [0, 0.1) is 5.41 Å². The van der Waals surface area contributed by atoms with Gasteiger partial charge in [-0.05, 0) is 81.5 Å². The number of ketones is 1. The molecule has 0 saturated heterocycles. The lowest BCUT2D eigenvalue weighted by molar-refractivity contribution is -0.137. The van der Waals surface area contributed by atoms with Crippen LogP contribution in [0.2, 0.25) is 0 Å². The summed E-state index contributed by atoms with van der Waals surface area (Å²) in [7, 11) is 0. The summed E-state index contributed by atoms with van der Waals surface area (Å²) < 4.78 is 0. The average molecular weight is 348 g/mol. The number of hydrogen-bond donors (Lipinski definition) is 3. The van der Waals surface area contributed by atoms with Gasteiger partial charge in [-0.25, -0.2) is 5.06 Å². The molecule has 1 saturated carbocycles. The number of hydrogen-bond acceptors (Lipinski definition) is 4. The molecule has 0 amide bonds. The molecular formula is C18H24N2O3S. The van der Waals surface area contributed by atoms with Gasteiger partial charge in [0.1, 0.15) is 5.60 Å². The quantitative estimate of drug-likeness (QED) is 0.534. The highest BCUT2D eigenvalue weighted by Gasteiger charge is 2.64. The summed E-state index contributed by atoms with van der Waals surface area (Å²) in [5.74, 6) is -0.165. The van der Waals surface area contributed by atoms with Gasteiger partial charge >= 0.3 is 0 Å². The van der Waals surface area contributed by atoms with Crippen molar-refractivity contribution in [2.75, 3.05) is 6.54 Å². The first-order valence-electron chi connectivity index (χ1n) is 8.30. The first-order valence-corrected chi connectivity index (χ1v) is 8.71. The van der Waals surface area contributed by atoms with Crippen LogP contribution in [0.5, 0.6) is 0 Å². The molecular weight excluding hydrogens is 324 g/mol. The van der Waals surface area contributed by atoms with Crippen molar-refractivity contribution in [3.8, 4) is 0 Å². The van der Waals surface area contributed by atoms with Crippen LogP contribution in [0.4, 0.5) is 0 Å². The predicted molar refractivity (Wildman–Crippen MR) is 95.3 cm³/mol. The fourth-order valence-electron chi connectivity index (χ4n) is 4.25. The van der Waals surface area contributed by atoms with Gasteiger partial charge in [0.2, 0.25) is 0 Å². The van der Waals surface area contributed by atoms with Gasteiger partial charge in [0.25, 0.3) is 0 Å². The van der Waals surface area contributed by atoms with Gasteiger partial charge in [0.15, 0.2) is 10.9 Å². The van der Waals surface area contributed by atoms with Crippen molar-refractivity contribution in [1.82, 2.24) is 5.06 Å². The number of carbonyl (C=O) groups excluding carboxylic acids is 1. The molecule has 3 aliphatic carbocycles. The third-order valence-electron chi connectivity index (χ3n) is 5.92. The normalized spacial score (nSPS) is 27.5. The van der Waals surface area contributed by atoms with Crippen LogP contribution in [0.25, 0.3) is 0 Å². The second-order valence-corrected chi connectivity index (χ2v) is 7.69. The maximum Gasteiger partial charge on any atom is 0.195 e. The van der Waals surface area contributed by atoms with Crippen molar-refractivity contribution >= 4 is 23.1 Å². The van der Waals surface area contributed by atoms with Crippen LogP contribution < -0.4 is 5.73 Å². The summed E-state index contributed by atoms with van der Waals surface area (Å²) in [4.78, 5) is 12.8. The number of allylic oxidation sites excluding steroid dienone is 4. The number of carbonyl (C=O) groups is 1. The molecule has 0 aromatic heterocycles. The van der Waals surface area contributed by atoms with Crippen LogP contribution in [0.1, 0.15) is 46.5 Å². The Bertz CT molecular complexity index is 727. The summed E-state index contributed by atoms with van der Waals surface area (Å²) in [6.45, 7) is 6.04. The maximum atomic E-state index is 12.8. The van der Waals surface area contributed by atoms with E-state index in [1.54, 1.807) is 6.92 Å². The Morgan fingerprint density at radius 3 is 2.58 bits per heavy atom. The fraction of sp³-hybridized carbons (Fsp3) is 0.556. The summed E-state index contributed by atoms with van der Waals surface area (Å²) in [5.41, 5.74) is 8.64. The third-order valence-corrected chi connectivity index (χ3v) is 6.13. The molecule has 1 spiro atoms. The van der Waals surface area contributed by atoms with E-state index in [4.69, 9.17) is 18.0 Å². The molecule has 0 bridgehead atoms. The molecule has 130 valence electrons. The number of rotatable bonds is 4. The van der Waals surface area contributed by atoms with Gasteiger partial charge in [-0.3, -0.25) is 10.0 Å². The van der Waals surface area contributed by atoms with Crippen LogP contribution in [0.15, 0.2) is 33.9 Å². The van der Waals surface area contributed by atoms with E-state index in [0.717, 1.165) is 46.6 Å². The lowest BCUT2D eigenvalue weighted by Gasteiger charge is -2.39. The topological polar surface area (TPSA) is 86.8 Å². The minimum atomic E-state index is -1.31. The minimum absolute atomic E-state index is 0.0397. The molecule has 4 N–H and O–H groups in total. The van der Waals surface area contributed by atoms with E-state index in [1.807, 2.05) is 19.9 Å². The van der Waals surface area contributed by atoms with Crippen molar-refractivity contribution in [1.29, 1.82) is 0 Å². The van der Waals surface area contributed by atoms with E-state index in [1.165, 1.54) is 0 Å². The Labute approximate surface area is 147 Å². The third kappa shape index (κ3) is 2.28. The molecule has 6 heteroatoms. The molecule has 0 radical (unpaired) electrons. The lowest BCUT2D eigenvalue weighted by Crippen LogP contribution is -2.49. The van der Waals surface area contributed by atoms with Crippen LogP contribution in [-0.2, 0) is 4.79 Å². The number of thiocarbonyl (C=S) groups is 1. The smallest absolute Gasteiger partial charge is 0.195 e. The SMILES string of the molecule is CC1=C(CCCN(O)C(N)=S)C2=C(C)C3(CC3)[C@@](C)(O)C(=O)C2=C1. The second kappa shape index (κ2) is 5.51. The largest absolute Gasteiger partial charge is 0.381 e. The van der Waals surface area contributed by atoms with Crippen molar-refractivity contribution in [2.45, 2.75) is 52.1 Å². The number of nitrogens with two attached hydrogens (primary N) is 1. The van der Waals surface area contributed by atoms with Crippen molar-refractivity contribution < 1.29 is 15.1 Å². The Hall–Kier alpha value is -1.50. The van der Waals surface area contributed by atoms with Gasteiger partial charge in [-0.1, -0.05) is 5.57 Å². The number of nitrogens with zero attached hydrogens (tertiary/aromatic N) is 1. The first kappa shape index (κ1) is 17.3. The molecule has 3 rings (SSSR count). The lowest BCUT2D eigenvalue weighted by atomic mass is 9.67. The predicted octanol–water partition coefficient (Wildman–Crippen LogP) is 2.39. The zero-order valence-corrected chi connectivity index (χ0v) is 15.2. The Kier molecular flexibility index (Phi) is 3.98. The zero-order valence-electron chi connectivity index (χ0n) is 14.3. The zero-order chi connectivity index (χ0) is 17.9. The van der Waals surface area contributed by atoms with Crippen LogP contribution >= 0.6 is 12.2 Å². The van der Waals surface area contributed by atoms with E-state index < -0.39 is 11.0 Å². The first-order chi connectivity index (χ1) is 11.1. The summed E-state index contributed by atoms with van der Waals surface area (Å²) in [5, 5.41) is 21.2. The second-order valence-electron chi connectivity index (χ2n) is 7.27. The molecule has 1 atom stereocenters. The number of aliphatic hydroxyl groups is 1. The standard InChI is InChI=1S/C18H24N2O3S/c1-10-9-13-14(12(10)5-4-8-20(23)16(19)24)11(2)18(6-7-18)17(3,22)15(13)21/h9,22-23H,4-8H2,1-3H3,(H2,19,24)/t17-/m0/s1. The molecule has 0 aromatic carbocycles. The Balaban J connectivity index is 1.88. The number of hydroxylamine groups is 2. The molecule has 1 fully saturated rings. The molecule has 0 unspecified atom stereocenters. The van der Waals surface area contributed by atoms with Crippen LogP contribution in [-0.4, -0.2) is 38.4 Å². The Morgan fingerprint density at radius 2 is 2.04 bits per heavy atom. The fourth-order valence-corrected chi connectivity index (χ4v) is 4.34. The van der Waals surface area contributed by atoms with E-state index in [9.17, 15) is 15.1 Å².